The Morgan fingerprint density at radius 2 is 2.17 bits per heavy atom. The van der Waals surface area contributed by atoms with Gasteiger partial charge in [-0.1, -0.05) is 13.8 Å². The molecule has 1 heterocycles. The Bertz CT molecular complexity index is 425. The average molecular weight is 252 g/mol. The summed E-state index contributed by atoms with van der Waals surface area (Å²) in [5.41, 5.74) is -0.101. The van der Waals surface area contributed by atoms with Crippen LogP contribution >= 0.6 is 0 Å². The fourth-order valence-electron chi connectivity index (χ4n) is 1.77. The molecule has 6 heteroatoms. The van der Waals surface area contributed by atoms with Crippen molar-refractivity contribution in [2.45, 2.75) is 19.9 Å². The number of carbonyl (C=O) groups excluding carboxylic acids is 1. The highest BCUT2D eigenvalue weighted by molar-refractivity contribution is 5.91. The third kappa shape index (κ3) is 3.96. The van der Waals surface area contributed by atoms with Crippen LogP contribution in [0.2, 0.25) is 0 Å². The SMILES string of the molecule is CC(C)[C@H](CNC(=O)c1c[nH]c(=O)cn1)N(C)C. The predicted molar refractivity (Wildman–Crippen MR) is 69.5 cm³/mol. The maximum atomic E-state index is 11.8. The molecule has 0 saturated carbocycles. The standard InChI is InChI=1S/C12H20N4O2/c1-8(2)10(16(3)4)6-15-12(18)9-5-14-11(17)7-13-9/h5,7-8,10H,6H2,1-4H3,(H,14,17)(H,15,18)/t10-/m0/s1. The maximum absolute atomic E-state index is 11.8. The van der Waals surface area contributed by atoms with E-state index in [1.54, 1.807) is 0 Å². The number of hydrogen-bond donors (Lipinski definition) is 2. The topological polar surface area (TPSA) is 78.1 Å². The first-order valence-electron chi connectivity index (χ1n) is 5.91. The summed E-state index contributed by atoms with van der Waals surface area (Å²) in [6, 6.07) is 0.261. The van der Waals surface area contributed by atoms with E-state index in [9.17, 15) is 9.59 Å². The highest BCUT2D eigenvalue weighted by Crippen LogP contribution is 2.06. The Morgan fingerprint density at radius 1 is 1.50 bits per heavy atom. The van der Waals surface area contributed by atoms with Crippen LogP contribution in [-0.2, 0) is 0 Å². The Morgan fingerprint density at radius 3 is 2.61 bits per heavy atom. The first-order valence-corrected chi connectivity index (χ1v) is 5.91. The number of hydrogen-bond acceptors (Lipinski definition) is 4. The van der Waals surface area contributed by atoms with Gasteiger partial charge >= 0.3 is 0 Å². The smallest absolute Gasteiger partial charge is 0.271 e. The van der Waals surface area contributed by atoms with Gasteiger partial charge in [0.25, 0.3) is 11.5 Å². The van der Waals surface area contributed by atoms with Crippen molar-refractivity contribution in [2.24, 2.45) is 5.92 Å². The molecule has 18 heavy (non-hydrogen) atoms. The lowest BCUT2D eigenvalue weighted by molar-refractivity contribution is 0.0929. The summed E-state index contributed by atoms with van der Waals surface area (Å²) in [4.78, 5) is 30.9. The van der Waals surface area contributed by atoms with Crippen molar-refractivity contribution in [3.63, 3.8) is 0 Å². The number of amides is 1. The minimum absolute atomic E-state index is 0.218. The van der Waals surface area contributed by atoms with E-state index < -0.39 is 0 Å². The van der Waals surface area contributed by atoms with Gasteiger partial charge in [-0.2, -0.15) is 0 Å². The monoisotopic (exact) mass is 252 g/mol. The zero-order valence-corrected chi connectivity index (χ0v) is 11.2. The van der Waals surface area contributed by atoms with E-state index in [0.717, 1.165) is 6.20 Å². The van der Waals surface area contributed by atoms with E-state index in [1.807, 2.05) is 14.1 Å². The van der Waals surface area contributed by atoms with E-state index in [4.69, 9.17) is 0 Å². The Labute approximate surface area is 106 Å². The number of H-pyrrole nitrogens is 1. The highest BCUT2D eigenvalue weighted by Gasteiger charge is 2.17. The quantitative estimate of drug-likeness (QED) is 0.778. The van der Waals surface area contributed by atoms with E-state index >= 15 is 0 Å². The second-order valence-electron chi connectivity index (χ2n) is 4.78. The minimum Gasteiger partial charge on any atom is -0.349 e. The van der Waals surface area contributed by atoms with Crippen LogP contribution in [0.4, 0.5) is 0 Å². The Kier molecular flexibility index (Phi) is 5.03. The summed E-state index contributed by atoms with van der Waals surface area (Å²) in [7, 11) is 3.96. The maximum Gasteiger partial charge on any atom is 0.271 e. The van der Waals surface area contributed by atoms with Crippen molar-refractivity contribution in [1.82, 2.24) is 20.2 Å². The molecule has 0 fully saturated rings. The minimum atomic E-state index is -0.320. The average Bonchev–Trinajstić information content (AvgIpc) is 2.28. The van der Waals surface area contributed by atoms with Crippen molar-refractivity contribution in [3.8, 4) is 0 Å². The van der Waals surface area contributed by atoms with Crippen molar-refractivity contribution < 1.29 is 4.79 Å². The summed E-state index contributed by atoms with van der Waals surface area (Å²) in [5, 5.41) is 2.82. The van der Waals surface area contributed by atoms with E-state index in [1.165, 1.54) is 6.20 Å². The van der Waals surface area contributed by atoms with Crippen molar-refractivity contribution in [2.75, 3.05) is 20.6 Å². The summed E-state index contributed by atoms with van der Waals surface area (Å²) >= 11 is 0. The molecule has 0 aliphatic carbocycles. The summed E-state index contributed by atoms with van der Waals surface area (Å²) in [5.74, 6) is 0.155. The molecule has 0 aromatic carbocycles. The molecule has 0 radical (unpaired) electrons. The lowest BCUT2D eigenvalue weighted by Gasteiger charge is -2.27. The fourth-order valence-corrected chi connectivity index (χ4v) is 1.77. The molecule has 0 aliphatic rings. The largest absolute Gasteiger partial charge is 0.349 e. The number of likely N-dealkylation sites (N-methyl/N-ethyl adjacent to an activating group) is 1. The molecule has 1 aromatic rings. The second kappa shape index (κ2) is 6.30. The molecule has 0 saturated heterocycles. The van der Waals surface area contributed by atoms with Gasteiger partial charge in [0.05, 0.1) is 6.20 Å². The van der Waals surface area contributed by atoms with Gasteiger partial charge in [0.1, 0.15) is 5.69 Å². The molecule has 1 rings (SSSR count). The molecule has 1 amide bonds. The first-order chi connectivity index (χ1) is 8.41. The molecule has 1 atom stereocenters. The van der Waals surface area contributed by atoms with Crippen LogP contribution in [0.5, 0.6) is 0 Å². The van der Waals surface area contributed by atoms with Crippen molar-refractivity contribution in [3.05, 3.63) is 28.4 Å². The van der Waals surface area contributed by atoms with Crippen LogP contribution in [0.3, 0.4) is 0 Å². The molecular weight excluding hydrogens is 232 g/mol. The van der Waals surface area contributed by atoms with Gasteiger partial charge < -0.3 is 15.2 Å². The molecule has 0 spiro atoms. The second-order valence-corrected chi connectivity index (χ2v) is 4.78. The van der Waals surface area contributed by atoms with Gasteiger partial charge in [0.15, 0.2) is 0 Å². The molecule has 0 bridgehead atoms. The number of aromatic amines is 1. The molecule has 1 aromatic heterocycles. The van der Waals surface area contributed by atoms with Crippen molar-refractivity contribution >= 4 is 5.91 Å². The van der Waals surface area contributed by atoms with Gasteiger partial charge in [0, 0.05) is 18.8 Å². The molecule has 100 valence electrons. The van der Waals surface area contributed by atoms with Crippen LogP contribution in [0.25, 0.3) is 0 Å². The number of carbonyl (C=O) groups is 1. The van der Waals surface area contributed by atoms with E-state index in [-0.39, 0.29) is 23.2 Å². The normalized spacial score (nSPS) is 12.8. The van der Waals surface area contributed by atoms with E-state index in [0.29, 0.717) is 12.5 Å². The lowest BCUT2D eigenvalue weighted by atomic mass is 10.0. The van der Waals surface area contributed by atoms with Crippen LogP contribution < -0.4 is 10.9 Å². The van der Waals surface area contributed by atoms with Gasteiger partial charge in [-0.15, -0.1) is 0 Å². The lowest BCUT2D eigenvalue weighted by Crippen LogP contribution is -2.43. The van der Waals surface area contributed by atoms with Gasteiger partial charge in [-0.3, -0.25) is 9.59 Å². The molecule has 0 aliphatic heterocycles. The number of nitrogens with zero attached hydrogens (tertiary/aromatic N) is 2. The highest BCUT2D eigenvalue weighted by atomic mass is 16.2. The van der Waals surface area contributed by atoms with Crippen LogP contribution in [0.15, 0.2) is 17.2 Å². The third-order valence-electron chi connectivity index (χ3n) is 2.81. The van der Waals surface area contributed by atoms with Crippen molar-refractivity contribution in [1.29, 1.82) is 0 Å². The summed E-state index contributed by atoms with van der Waals surface area (Å²) in [6.45, 7) is 4.76. The zero-order chi connectivity index (χ0) is 13.7. The molecular formula is C12H20N4O2. The number of aromatic nitrogens is 2. The number of nitrogens with one attached hydrogen (secondary N) is 2. The van der Waals surface area contributed by atoms with Crippen LogP contribution in [-0.4, -0.2) is 47.5 Å². The number of rotatable bonds is 5. The van der Waals surface area contributed by atoms with Crippen LogP contribution in [0, 0.1) is 5.92 Å². The summed E-state index contributed by atoms with van der Waals surface area (Å²) in [6.07, 6.45) is 2.42. The van der Waals surface area contributed by atoms with Crippen LogP contribution in [0.1, 0.15) is 24.3 Å². The predicted octanol–water partition coefficient (Wildman–Crippen LogP) is 0.0859. The van der Waals surface area contributed by atoms with E-state index in [2.05, 4.69) is 34.0 Å². The summed E-state index contributed by atoms with van der Waals surface area (Å²) < 4.78 is 0. The Hall–Kier alpha value is -1.69. The first kappa shape index (κ1) is 14.4. The van der Waals surface area contributed by atoms with Gasteiger partial charge in [-0.25, -0.2) is 4.98 Å². The molecule has 0 unspecified atom stereocenters. The molecule has 6 nitrogen and oxygen atoms in total. The van der Waals surface area contributed by atoms with Gasteiger partial charge in [-0.05, 0) is 20.0 Å². The Balaban J connectivity index is 2.60. The van der Waals surface area contributed by atoms with Gasteiger partial charge in [0.2, 0.25) is 0 Å². The fraction of sp³-hybridized carbons (Fsp3) is 0.583. The zero-order valence-electron chi connectivity index (χ0n) is 11.2. The molecule has 2 N–H and O–H groups in total. The third-order valence-corrected chi connectivity index (χ3v) is 2.81.